The summed E-state index contributed by atoms with van der Waals surface area (Å²) < 4.78 is 4.67. The van der Waals surface area contributed by atoms with Gasteiger partial charge in [-0.15, -0.1) is 0 Å². The van der Waals surface area contributed by atoms with Crippen LogP contribution in [0.2, 0.25) is 0 Å². The van der Waals surface area contributed by atoms with E-state index < -0.39 is 0 Å². The average Bonchev–Trinajstić information content (AvgIpc) is 2.79. The number of likely N-dealkylation sites (N-methyl/N-ethyl adjacent to an activating group) is 1. The molecular weight excluding hydrogens is 254 g/mol. The van der Waals surface area contributed by atoms with Crippen molar-refractivity contribution in [2.45, 2.75) is 19.5 Å². The van der Waals surface area contributed by atoms with E-state index in [-0.39, 0.29) is 5.97 Å². The van der Waals surface area contributed by atoms with Gasteiger partial charge >= 0.3 is 5.97 Å². The van der Waals surface area contributed by atoms with Gasteiger partial charge < -0.3 is 9.64 Å². The number of likely N-dealkylation sites (tertiary alicyclic amines) is 1. The maximum Gasteiger partial charge on any atom is 0.339 e. The van der Waals surface area contributed by atoms with Crippen molar-refractivity contribution in [3.8, 4) is 0 Å². The fourth-order valence-electron chi connectivity index (χ4n) is 2.84. The van der Waals surface area contributed by atoms with Gasteiger partial charge in [-0.05, 0) is 32.1 Å². The van der Waals surface area contributed by atoms with Crippen molar-refractivity contribution in [1.29, 1.82) is 0 Å². The van der Waals surface area contributed by atoms with E-state index >= 15 is 0 Å². The smallest absolute Gasteiger partial charge is 0.339 e. The lowest BCUT2D eigenvalue weighted by molar-refractivity contribution is 0.0600. The van der Waals surface area contributed by atoms with Crippen molar-refractivity contribution < 1.29 is 9.53 Å². The number of pyridine rings is 1. The summed E-state index contributed by atoms with van der Waals surface area (Å²) in [7, 11) is 5.64. The van der Waals surface area contributed by atoms with Crippen molar-refractivity contribution >= 4 is 5.97 Å². The van der Waals surface area contributed by atoms with Gasteiger partial charge in [-0.25, -0.2) is 4.79 Å². The van der Waals surface area contributed by atoms with Gasteiger partial charge in [0.2, 0.25) is 0 Å². The fraction of sp³-hybridized carbons (Fsp3) is 0.600. The molecule has 2 unspecified atom stereocenters. The van der Waals surface area contributed by atoms with Crippen LogP contribution in [-0.4, -0.2) is 61.1 Å². The summed E-state index contributed by atoms with van der Waals surface area (Å²) >= 11 is 0. The minimum Gasteiger partial charge on any atom is -0.465 e. The largest absolute Gasteiger partial charge is 0.465 e. The van der Waals surface area contributed by atoms with E-state index in [9.17, 15) is 4.79 Å². The summed E-state index contributed by atoms with van der Waals surface area (Å²) in [5.74, 6) is 0.325. The topological polar surface area (TPSA) is 45.7 Å². The lowest BCUT2D eigenvalue weighted by Crippen LogP contribution is -2.34. The van der Waals surface area contributed by atoms with E-state index in [0.29, 0.717) is 17.5 Å². The first-order chi connectivity index (χ1) is 9.51. The molecular formula is C15H23N3O2. The lowest BCUT2D eigenvalue weighted by Gasteiger charge is -2.22. The van der Waals surface area contributed by atoms with Crippen molar-refractivity contribution in [3.05, 3.63) is 29.6 Å². The van der Waals surface area contributed by atoms with Crippen molar-refractivity contribution in [2.24, 2.45) is 5.92 Å². The van der Waals surface area contributed by atoms with Crippen molar-refractivity contribution in [3.63, 3.8) is 0 Å². The second kappa shape index (κ2) is 6.33. The minimum atomic E-state index is -0.341. The number of nitrogens with zero attached hydrogens (tertiary/aromatic N) is 3. The number of ether oxygens (including phenoxy) is 1. The van der Waals surface area contributed by atoms with Crippen molar-refractivity contribution in [2.75, 3.05) is 34.3 Å². The molecule has 5 nitrogen and oxygen atoms in total. The number of carbonyl (C=O) groups excluding carboxylic acids is 1. The quantitative estimate of drug-likeness (QED) is 0.775. The predicted octanol–water partition coefficient (Wildman–Crippen LogP) is 1.25. The van der Waals surface area contributed by atoms with Crippen LogP contribution < -0.4 is 0 Å². The molecule has 0 amide bonds. The summed E-state index contributed by atoms with van der Waals surface area (Å²) in [6.45, 7) is 5.27. The number of aromatic nitrogens is 1. The van der Waals surface area contributed by atoms with Gasteiger partial charge in [-0.2, -0.15) is 0 Å². The number of esters is 1. The Labute approximate surface area is 120 Å². The first-order valence-corrected chi connectivity index (χ1v) is 6.93. The molecule has 110 valence electrons. The van der Waals surface area contributed by atoms with Crippen LogP contribution in [0.25, 0.3) is 0 Å². The predicted molar refractivity (Wildman–Crippen MR) is 77.5 cm³/mol. The molecule has 1 saturated heterocycles. The SMILES string of the molecule is COC(=O)c1ccc(CN2CC(C)C(N(C)C)C2)nc1. The molecule has 2 atom stereocenters. The van der Waals surface area contributed by atoms with Gasteiger partial charge in [0.05, 0.1) is 18.4 Å². The van der Waals surface area contributed by atoms with Crippen LogP contribution in [0.3, 0.4) is 0 Å². The number of hydrogen-bond acceptors (Lipinski definition) is 5. The van der Waals surface area contributed by atoms with Crippen LogP contribution >= 0.6 is 0 Å². The molecule has 0 aliphatic carbocycles. The summed E-state index contributed by atoms with van der Waals surface area (Å²) in [5.41, 5.74) is 1.49. The third-order valence-corrected chi connectivity index (χ3v) is 3.94. The lowest BCUT2D eigenvalue weighted by atomic mass is 10.1. The number of methoxy groups -OCH3 is 1. The third-order valence-electron chi connectivity index (χ3n) is 3.94. The summed E-state index contributed by atoms with van der Waals surface area (Å²) in [6, 6.07) is 4.28. The maximum absolute atomic E-state index is 11.4. The van der Waals surface area contributed by atoms with Crippen LogP contribution in [0.15, 0.2) is 18.3 Å². The van der Waals surface area contributed by atoms with Gasteiger partial charge in [0, 0.05) is 31.9 Å². The zero-order chi connectivity index (χ0) is 14.7. The highest BCUT2D eigenvalue weighted by molar-refractivity contribution is 5.88. The molecule has 1 aliphatic rings. The molecule has 0 aromatic carbocycles. The van der Waals surface area contributed by atoms with Crippen LogP contribution in [0, 0.1) is 5.92 Å². The van der Waals surface area contributed by atoms with Gasteiger partial charge in [-0.3, -0.25) is 9.88 Å². The Morgan fingerprint density at radius 2 is 2.20 bits per heavy atom. The fourth-order valence-corrected chi connectivity index (χ4v) is 2.84. The standard InChI is InChI=1S/C15H23N3O2/c1-11-8-18(10-14(11)17(2)3)9-13-6-5-12(7-16-13)15(19)20-4/h5-7,11,14H,8-10H2,1-4H3. The monoisotopic (exact) mass is 277 g/mol. The molecule has 1 aromatic heterocycles. The first kappa shape index (κ1) is 14.9. The first-order valence-electron chi connectivity index (χ1n) is 6.93. The third kappa shape index (κ3) is 3.35. The molecule has 0 spiro atoms. The molecule has 5 heteroatoms. The van der Waals surface area contributed by atoms with Crippen LogP contribution in [0.4, 0.5) is 0 Å². The average molecular weight is 277 g/mol. The Morgan fingerprint density at radius 1 is 1.45 bits per heavy atom. The van der Waals surface area contributed by atoms with Crippen LogP contribution in [0.1, 0.15) is 23.0 Å². The van der Waals surface area contributed by atoms with Gasteiger partial charge in [0.1, 0.15) is 0 Å². The maximum atomic E-state index is 11.4. The molecule has 0 N–H and O–H groups in total. The summed E-state index contributed by atoms with van der Waals surface area (Å²) in [4.78, 5) is 20.4. The van der Waals surface area contributed by atoms with Crippen LogP contribution in [0.5, 0.6) is 0 Å². The second-order valence-corrected chi connectivity index (χ2v) is 5.73. The van der Waals surface area contributed by atoms with Crippen LogP contribution in [-0.2, 0) is 11.3 Å². The molecule has 0 bridgehead atoms. The van der Waals surface area contributed by atoms with E-state index in [0.717, 1.165) is 25.3 Å². The Hall–Kier alpha value is -1.46. The second-order valence-electron chi connectivity index (χ2n) is 5.73. The summed E-state index contributed by atoms with van der Waals surface area (Å²) in [6.07, 6.45) is 1.59. The highest BCUT2D eigenvalue weighted by Crippen LogP contribution is 2.21. The zero-order valence-electron chi connectivity index (χ0n) is 12.7. The van der Waals surface area contributed by atoms with Crippen molar-refractivity contribution in [1.82, 2.24) is 14.8 Å². The molecule has 1 aromatic rings. The Balaban J connectivity index is 1.96. The molecule has 0 radical (unpaired) electrons. The Kier molecular flexibility index (Phi) is 4.73. The summed E-state index contributed by atoms with van der Waals surface area (Å²) in [5, 5.41) is 0. The number of hydrogen-bond donors (Lipinski definition) is 0. The highest BCUT2D eigenvalue weighted by Gasteiger charge is 2.30. The molecule has 2 rings (SSSR count). The molecule has 1 aliphatic heterocycles. The Morgan fingerprint density at radius 3 is 2.70 bits per heavy atom. The number of carbonyl (C=O) groups is 1. The molecule has 20 heavy (non-hydrogen) atoms. The van der Waals surface area contributed by atoms with Gasteiger partial charge in [-0.1, -0.05) is 6.92 Å². The zero-order valence-corrected chi connectivity index (χ0v) is 12.7. The van der Waals surface area contributed by atoms with E-state index in [1.54, 1.807) is 12.3 Å². The minimum absolute atomic E-state index is 0.341. The van der Waals surface area contributed by atoms with E-state index in [2.05, 4.69) is 40.5 Å². The molecule has 2 heterocycles. The van der Waals surface area contributed by atoms with Gasteiger partial charge in [0.15, 0.2) is 0 Å². The molecule has 1 fully saturated rings. The molecule has 0 saturated carbocycles. The normalized spacial score (nSPS) is 23.2. The van der Waals surface area contributed by atoms with E-state index in [4.69, 9.17) is 0 Å². The number of rotatable bonds is 4. The highest BCUT2D eigenvalue weighted by atomic mass is 16.5. The van der Waals surface area contributed by atoms with Gasteiger partial charge in [0.25, 0.3) is 0 Å². The van der Waals surface area contributed by atoms with E-state index in [1.807, 2.05) is 6.07 Å². The van der Waals surface area contributed by atoms with E-state index in [1.165, 1.54) is 7.11 Å². The Bertz CT molecular complexity index is 459.